The third-order valence-corrected chi connectivity index (χ3v) is 5.56. The van der Waals surface area contributed by atoms with Crippen molar-refractivity contribution in [2.45, 2.75) is 58.7 Å². The lowest BCUT2D eigenvalue weighted by Gasteiger charge is -2.36. The fourth-order valence-corrected chi connectivity index (χ4v) is 4.50. The molecule has 2 bridgehead atoms. The topological polar surface area (TPSA) is 81.2 Å². The molecular weight excluding hydrogens is 330 g/mol. The molecule has 0 radical (unpaired) electrons. The zero-order chi connectivity index (χ0) is 18.0. The van der Waals surface area contributed by atoms with Gasteiger partial charge in [0, 0.05) is 30.3 Å². The predicted octanol–water partition coefficient (Wildman–Crippen LogP) is 1.53. The second-order valence-corrected chi connectivity index (χ2v) is 7.33. The van der Waals surface area contributed by atoms with Gasteiger partial charge in [0.25, 0.3) is 0 Å². The van der Waals surface area contributed by atoms with Crippen LogP contribution >= 0.6 is 0 Å². The van der Waals surface area contributed by atoms with E-state index in [-0.39, 0.29) is 24.5 Å². The molecule has 0 aromatic carbocycles. The zero-order valence-corrected chi connectivity index (χ0v) is 15.2. The molecule has 1 saturated heterocycles. The van der Waals surface area contributed by atoms with E-state index < -0.39 is 0 Å². The number of carbonyl (C=O) groups excluding carboxylic acids is 1. The van der Waals surface area contributed by atoms with Gasteiger partial charge >= 0.3 is 0 Å². The van der Waals surface area contributed by atoms with Gasteiger partial charge in [-0.15, -0.1) is 0 Å². The van der Waals surface area contributed by atoms with E-state index in [1.54, 1.807) is 4.68 Å². The van der Waals surface area contributed by atoms with E-state index in [1.165, 1.54) is 5.69 Å². The van der Waals surface area contributed by atoms with Crippen molar-refractivity contribution in [2.24, 2.45) is 0 Å². The van der Waals surface area contributed by atoms with Gasteiger partial charge in [-0.2, -0.15) is 10.2 Å². The van der Waals surface area contributed by atoms with Crippen LogP contribution in [0.2, 0.25) is 0 Å². The predicted molar refractivity (Wildman–Crippen MR) is 93.5 cm³/mol. The van der Waals surface area contributed by atoms with Crippen molar-refractivity contribution in [3.05, 3.63) is 40.9 Å². The van der Waals surface area contributed by atoms with Crippen LogP contribution in [0.25, 0.3) is 5.65 Å². The molecule has 134 valence electrons. The smallest absolute Gasteiger partial charge is 0.245 e. The average molecular weight is 351 g/mol. The molecule has 5 heterocycles. The van der Waals surface area contributed by atoms with Gasteiger partial charge in [-0.1, -0.05) is 0 Å². The van der Waals surface area contributed by atoms with Gasteiger partial charge < -0.3 is 4.90 Å². The quantitative estimate of drug-likeness (QED) is 0.699. The number of amides is 1. The SMILES string of the molecule is Cc1cc2ncc3c(n2n1)C[C@H]1CC[C@@H]3N1C(=O)Cn1nc(C)nc1C. The summed E-state index contributed by atoms with van der Waals surface area (Å²) < 4.78 is 3.66. The first-order valence-electron chi connectivity index (χ1n) is 9.04. The van der Waals surface area contributed by atoms with Crippen LogP contribution in [-0.4, -0.2) is 46.2 Å². The van der Waals surface area contributed by atoms with E-state index in [4.69, 9.17) is 0 Å². The number of nitrogens with zero attached hydrogens (tertiary/aromatic N) is 7. The molecule has 8 heteroatoms. The van der Waals surface area contributed by atoms with E-state index in [0.29, 0.717) is 5.82 Å². The lowest BCUT2D eigenvalue weighted by atomic mass is 9.99. The van der Waals surface area contributed by atoms with E-state index in [0.717, 1.165) is 42.0 Å². The number of rotatable bonds is 2. The van der Waals surface area contributed by atoms with Crippen molar-refractivity contribution in [1.82, 2.24) is 34.3 Å². The molecule has 2 atom stereocenters. The highest BCUT2D eigenvalue weighted by Crippen LogP contribution is 2.43. The van der Waals surface area contributed by atoms with E-state index in [2.05, 4.69) is 20.2 Å². The summed E-state index contributed by atoms with van der Waals surface area (Å²) in [6.45, 7) is 5.95. The molecule has 3 aromatic rings. The summed E-state index contributed by atoms with van der Waals surface area (Å²) >= 11 is 0. The fourth-order valence-electron chi connectivity index (χ4n) is 4.50. The summed E-state index contributed by atoms with van der Waals surface area (Å²) in [5, 5.41) is 8.94. The lowest BCUT2D eigenvalue weighted by molar-refractivity contribution is -0.135. The maximum atomic E-state index is 13.1. The Balaban J connectivity index is 1.50. The molecular formula is C18H21N7O. The van der Waals surface area contributed by atoms with Gasteiger partial charge in [0.15, 0.2) is 5.65 Å². The van der Waals surface area contributed by atoms with Gasteiger partial charge in [0.1, 0.15) is 18.2 Å². The Morgan fingerprint density at radius 2 is 2.08 bits per heavy atom. The van der Waals surface area contributed by atoms with Crippen LogP contribution in [0.1, 0.15) is 47.5 Å². The molecule has 2 aliphatic rings. The van der Waals surface area contributed by atoms with Crippen LogP contribution in [0.5, 0.6) is 0 Å². The molecule has 26 heavy (non-hydrogen) atoms. The van der Waals surface area contributed by atoms with E-state index >= 15 is 0 Å². The summed E-state index contributed by atoms with van der Waals surface area (Å²) in [5.41, 5.74) is 4.18. The number of fused-ring (bicyclic) bond motifs is 6. The Morgan fingerprint density at radius 1 is 1.23 bits per heavy atom. The molecule has 0 spiro atoms. The minimum absolute atomic E-state index is 0.0857. The summed E-state index contributed by atoms with van der Waals surface area (Å²) in [7, 11) is 0. The van der Waals surface area contributed by atoms with Crippen LogP contribution in [0.3, 0.4) is 0 Å². The van der Waals surface area contributed by atoms with Crippen LogP contribution in [-0.2, 0) is 17.8 Å². The second-order valence-electron chi connectivity index (χ2n) is 7.33. The van der Waals surface area contributed by atoms with Crippen molar-refractivity contribution in [3.63, 3.8) is 0 Å². The minimum Gasteiger partial charge on any atom is -0.331 e. The number of carbonyl (C=O) groups is 1. The highest BCUT2D eigenvalue weighted by Gasteiger charge is 2.43. The van der Waals surface area contributed by atoms with Gasteiger partial charge in [-0.25, -0.2) is 19.2 Å². The third-order valence-electron chi connectivity index (χ3n) is 5.56. The van der Waals surface area contributed by atoms with Crippen molar-refractivity contribution < 1.29 is 4.79 Å². The first-order valence-corrected chi connectivity index (χ1v) is 9.04. The molecule has 5 rings (SSSR count). The Morgan fingerprint density at radius 3 is 2.85 bits per heavy atom. The molecule has 0 unspecified atom stereocenters. The van der Waals surface area contributed by atoms with Gasteiger partial charge in [-0.3, -0.25) is 4.79 Å². The van der Waals surface area contributed by atoms with Gasteiger partial charge in [0.2, 0.25) is 5.91 Å². The number of aromatic nitrogens is 6. The third kappa shape index (κ3) is 2.17. The monoisotopic (exact) mass is 351 g/mol. The van der Waals surface area contributed by atoms with Crippen molar-refractivity contribution in [1.29, 1.82) is 0 Å². The Hall–Kier alpha value is -2.77. The van der Waals surface area contributed by atoms with Crippen LogP contribution in [0, 0.1) is 20.8 Å². The maximum Gasteiger partial charge on any atom is 0.245 e. The number of aryl methyl sites for hydroxylation is 3. The Kier molecular flexibility index (Phi) is 3.19. The normalized spacial score (nSPS) is 21.4. The molecule has 0 aliphatic carbocycles. The lowest BCUT2D eigenvalue weighted by Crippen LogP contribution is -2.44. The van der Waals surface area contributed by atoms with E-state index in [1.807, 2.05) is 42.4 Å². The van der Waals surface area contributed by atoms with Crippen LogP contribution in [0.15, 0.2) is 12.3 Å². The maximum absolute atomic E-state index is 13.1. The average Bonchev–Trinajstić information content (AvgIpc) is 3.22. The molecule has 0 N–H and O–H groups in total. The van der Waals surface area contributed by atoms with Gasteiger partial charge in [0.05, 0.1) is 17.4 Å². The highest BCUT2D eigenvalue weighted by atomic mass is 16.2. The molecule has 1 fully saturated rings. The first kappa shape index (κ1) is 15.5. The summed E-state index contributed by atoms with van der Waals surface area (Å²) in [4.78, 5) is 24.0. The number of hydrogen-bond donors (Lipinski definition) is 0. The van der Waals surface area contributed by atoms with Crippen LogP contribution < -0.4 is 0 Å². The molecule has 1 amide bonds. The molecule has 3 aromatic heterocycles. The molecule has 2 aliphatic heterocycles. The Bertz CT molecular complexity index is 1030. The van der Waals surface area contributed by atoms with Crippen molar-refractivity contribution >= 4 is 11.6 Å². The summed E-state index contributed by atoms with van der Waals surface area (Å²) in [6, 6.07) is 2.30. The van der Waals surface area contributed by atoms with Crippen LogP contribution in [0.4, 0.5) is 0 Å². The first-order chi connectivity index (χ1) is 12.5. The van der Waals surface area contributed by atoms with Crippen molar-refractivity contribution in [2.75, 3.05) is 0 Å². The minimum atomic E-state index is 0.0857. The van der Waals surface area contributed by atoms with Gasteiger partial charge in [-0.05, 0) is 33.6 Å². The number of hydrogen-bond acceptors (Lipinski definition) is 5. The molecule has 0 saturated carbocycles. The summed E-state index contributed by atoms with van der Waals surface area (Å²) in [6.07, 6.45) is 4.75. The van der Waals surface area contributed by atoms with E-state index in [9.17, 15) is 4.79 Å². The summed E-state index contributed by atoms with van der Waals surface area (Å²) in [5.74, 6) is 1.58. The van der Waals surface area contributed by atoms with Crippen molar-refractivity contribution in [3.8, 4) is 0 Å². The second kappa shape index (κ2) is 5.36. The fraction of sp³-hybridized carbons (Fsp3) is 0.500. The standard InChI is InChI=1S/C18H21N7O/c1-10-6-17-19-8-14-15-5-4-13(7-16(14)25(17)21-10)24(15)18(26)9-23-12(3)20-11(2)22-23/h6,8,13,15H,4-5,7,9H2,1-3H3/t13-,15+/m1/s1. The zero-order valence-electron chi connectivity index (χ0n) is 15.2. The highest BCUT2D eigenvalue weighted by molar-refractivity contribution is 5.78. The largest absolute Gasteiger partial charge is 0.331 e. The Labute approximate surface area is 150 Å². The molecule has 8 nitrogen and oxygen atoms in total.